The summed E-state index contributed by atoms with van der Waals surface area (Å²) in [7, 11) is 0. The Hall–Kier alpha value is -2.41. The Morgan fingerprint density at radius 2 is 1.81 bits per heavy atom. The summed E-state index contributed by atoms with van der Waals surface area (Å²) in [5, 5.41) is 2.95. The summed E-state index contributed by atoms with van der Waals surface area (Å²) < 4.78 is 5.37. The summed E-state index contributed by atoms with van der Waals surface area (Å²) in [5.74, 6) is -0.607. The van der Waals surface area contributed by atoms with Crippen molar-refractivity contribution in [1.29, 1.82) is 0 Å². The smallest absolute Gasteiger partial charge is 0.339 e. The van der Waals surface area contributed by atoms with E-state index in [2.05, 4.69) is 5.32 Å². The molecule has 1 atom stereocenters. The van der Waals surface area contributed by atoms with Gasteiger partial charge in [-0.25, -0.2) is 4.79 Å². The van der Waals surface area contributed by atoms with Gasteiger partial charge in [-0.1, -0.05) is 18.2 Å². The predicted octanol–water partition coefficient (Wildman–Crippen LogP) is 0.827. The van der Waals surface area contributed by atoms with Crippen LogP contribution in [0.15, 0.2) is 24.3 Å². The number of nitrogens with zero attached hydrogens (tertiary/aromatic N) is 2. The Balaban J connectivity index is 1.52. The van der Waals surface area contributed by atoms with E-state index in [1.165, 1.54) is 0 Å². The van der Waals surface area contributed by atoms with Crippen molar-refractivity contribution < 1.29 is 19.1 Å². The molecule has 2 amide bonds. The maximum atomic E-state index is 12.8. The monoisotopic (exact) mass is 373 g/mol. The number of ether oxygens (including phenoxy) is 1. The summed E-state index contributed by atoms with van der Waals surface area (Å²) in [4.78, 5) is 40.7. The Morgan fingerprint density at radius 1 is 1.15 bits per heavy atom. The summed E-state index contributed by atoms with van der Waals surface area (Å²) in [5.41, 5.74) is 1.14. The highest BCUT2D eigenvalue weighted by Gasteiger charge is 2.35. The van der Waals surface area contributed by atoms with Gasteiger partial charge in [-0.05, 0) is 32.4 Å². The van der Waals surface area contributed by atoms with E-state index in [0.29, 0.717) is 44.7 Å². The third kappa shape index (κ3) is 4.86. The average Bonchev–Trinajstić information content (AvgIpc) is 2.60. The lowest BCUT2D eigenvalue weighted by Gasteiger charge is -2.37. The number of fused-ring (bicyclic) bond motifs is 1. The highest BCUT2D eigenvalue weighted by atomic mass is 16.5. The first-order valence-electron chi connectivity index (χ1n) is 9.34. The second kappa shape index (κ2) is 7.68. The average molecular weight is 373 g/mol. The van der Waals surface area contributed by atoms with Gasteiger partial charge in [0.1, 0.15) is 0 Å². The Labute approximate surface area is 159 Å². The van der Waals surface area contributed by atoms with Gasteiger partial charge < -0.3 is 15.0 Å². The SMILES string of the molecule is CC(C)(C)NC(=O)CN1CCN(C(=O)C2Cc3ccccc3C(=O)O2)CC1. The number of carbonyl (C=O) groups is 3. The van der Waals surface area contributed by atoms with Crippen LogP contribution in [-0.2, 0) is 20.7 Å². The fourth-order valence-corrected chi connectivity index (χ4v) is 3.46. The van der Waals surface area contributed by atoms with Crippen molar-refractivity contribution in [2.45, 2.75) is 38.8 Å². The topological polar surface area (TPSA) is 79.0 Å². The van der Waals surface area contributed by atoms with Crippen LogP contribution in [0.1, 0.15) is 36.7 Å². The summed E-state index contributed by atoms with van der Waals surface area (Å²) in [6.07, 6.45) is -0.349. The van der Waals surface area contributed by atoms with Gasteiger partial charge in [0.2, 0.25) is 5.91 Å². The molecule has 1 aromatic rings. The minimum atomic E-state index is -0.761. The fraction of sp³-hybridized carbons (Fsp3) is 0.550. The van der Waals surface area contributed by atoms with E-state index in [9.17, 15) is 14.4 Å². The molecule has 1 unspecified atom stereocenters. The molecule has 0 spiro atoms. The maximum absolute atomic E-state index is 12.8. The molecule has 2 aliphatic heterocycles. The van der Waals surface area contributed by atoms with Gasteiger partial charge in [0, 0.05) is 38.1 Å². The molecule has 7 heteroatoms. The Bertz CT molecular complexity index is 733. The fourth-order valence-electron chi connectivity index (χ4n) is 3.46. The number of carbonyl (C=O) groups excluding carboxylic acids is 3. The van der Waals surface area contributed by atoms with Gasteiger partial charge >= 0.3 is 5.97 Å². The van der Waals surface area contributed by atoms with Crippen LogP contribution in [0, 0.1) is 0 Å². The molecular formula is C20H27N3O4. The van der Waals surface area contributed by atoms with Crippen molar-refractivity contribution in [3.8, 4) is 0 Å². The molecule has 1 N–H and O–H groups in total. The third-order valence-corrected chi connectivity index (χ3v) is 4.73. The first-order chi connectivity index (χ1) is 12.7. The Morgan fingerprint density at radius 3 is 2.48 bits per heavy atom. The first-order valence-corrected chi connectivity index (χ1v) is 9.34. The molecule has 3 rings (SSSR count). The molecule has 27 heavy (non-hydrogen) atoms. The predicted molar refractivity (Wildman–Crippen MR) is 100 cm³/mol. The lowest BCUT2D eigenvalue weighted by Crippen LogP contribution is -2.55. The summed E-state index contributed by atoms with van der Waals surface area (Å²) >= 11 is 0. The van der Waals surface area contributed by atoms with E-state index in [0.717, 1.165) is 5.56 Å². The summed E-state index contributed by atoms with van der Waals surface area (Å²) in [6.45, 7) is 8.47. The normalized spacial score (nSPS) is 20.6. The van der Waals surface area contributed by atoms with Crippen molar-refractivity contribution in [3.05, 3.63) is 35.4 Å². The maximum Gasteiger partial charge on any atom is 0.339 e. The zero-order valence-corrected chi connectivity index (χ0v) is 16.2. The van der Waals surface area contributed by atoms with Crippen LogP contribution in [0.5, 0.6) is 0 Å². The Kier molecular flexibility index (Phi) is 5.51. The standard InChI is InChI=1S/C20H27N3O4/c1-20(2,3)21-17(24)13-22-8-10-23(11-9-22)18(25)16-12-14-6-4-5-7-15(14)19(26)27-16/h4-7,16H,8-13H2,1-3H3,(H,21,24). The molecule has 2 heterocycles. The highest BCUT2D eigenvalue weighted by Crippen LogP contribution is 2.22. The van der Waals surface area contributed by atoms with Crippen molar-refractivity contribution in [2.75, 3.05) is 32.7 Å². The number of amides is 2. The second-order valence-corrected chi connectivity index (χ2v) is 8.15. The van der Waals surface area contributed by atoms with Crippen LogP contribution < -0.4 is 5.32 Å². The lowest BCUT2D eigenvalue weighted by atomic mass is 9.98. The number of esters is 1. The molecule has 0 radical (unpaired) electrons. The molecule has 1 aromatic carbocycles. The van der Waals surface area contributed by atoms with Gasteiger partial charge in [0.15, 0.2) is 6.10 Å². The van der Waals surface area contributed by atoms with Gasteiger partial charge in [0.25, 0.3) is 5.91 Å². The van der Waals surface area contributed by atoms with Gasteiger partial charge in [-0.2, -0.15) is 0 Å². The van der Waals surface area contributed by atoms with E-state index in [1.54, 1.807) is 17.0 Å². The number of piperazine rings is 1. The number of cyclic esters (lactones) is 1. The molecule has 0 bridgehead atoms. The van der Waals surface area contributed by atoms with Crippen LogP contribution in [0.4, 0.5) is 0 Å². The van der Waals surface area contributed by atoms with Crippen molar-refractivity contribution in [2.24, 2.45) is 0 Å². The van der Waals surface area contributed by atoms with Gasteiger partial charge in [0.05, 0.1) is 12.1 Å². The number of rotatable bonds is 3. The lowest BCUT2D eigenvalue weighted by molar-refractivity contribution is -0.143. The highest BCUT2D eigenvalue weighted by molar-refractivity contribution is 5.95. The third-order valence-electron chi connectivity index (χ3n) is 4.73. The van der Waals surface area contributed by atoms with E-state index in [1.807, 2.05) is 37.8 Å². The molecule has 2 aliphatic rings. The van der Waals surface area contributed by atoms with E-state index >= 15 is 0 Å². The number of nitrogens with one attached hydrogen (secondary N) is 1. The van der Waals surface area contributed by atoms with E-state index < -0.39 is 12.1 Å². The van der Waals surface area contributed by atoms with Gasteiger partial charge in [-0.15, -0.1) is 0 Å². The molecule has 0 aliphatic carbocycles. The molecular weight excluding hydrogens is 346 g/mol. The number of hydrogen-bond donors (Lipinski definition) is 1. The minimum Gasteiger partial charge on any atom is -0.448 e. The van der Waals surface area contributed by atoms with Crippen molar-refractivity contribution in [3.63, 3.8) is 0 Å². The zero-order valence-electron chi connectivity index (χ0n) is 16.2. The first kappa shape index (κ1) is 19.4. The largest absolute Gasteiger partial charge is 0.448 e. The quantitative estimate of drug-likeness (QED) is 0.794. The van der Waals surface area contributed by atoms with Crippen molar-refractivity contribution >= 4 is 17.8 Å². The number of benzene rings is 1. The van der Waals surface area contributed by atoms with E-state index in [4.69, 9.17) is 4.74 Å². The molecule has 1 saturated heterocycles. The molecule has 146 valence electrons. The van der Waals surface area contributed by atoms with Gasteiger partial charge in [-0.3, -0.25) is 14.5 Å². The molecule has 7 nitrogen and oxygen atoms in total. The molecule has 0 saturated carbocycles. The van der Waals surface area contributed by atoms with E-state index in [-0.39, 0.29) is 17.4 Å². The van der Waals surface area contributed by atoms with Crippen LogP contribution in [0.25, 0.3) is 0 Å². The zero-order chi connectivity index (χ0) is 19.6. The van der Waals surface area contributed by atoms with Crippen LogP contribution >= 0.6 is 0 Å². The minimum absolute atomic E-state index is 0.0138. The molecule has 0 aromatic heterocycles. The summed E-state index contributed by atoms with van der Waals surface area (Å²) in [6, 6.07) is 7.24. The van der Waals surface area contributed by atoms with Crippen molar-refractivity contribution in [1.82, 2.24) is 15.1 Å². The second-order valence-electron chi connectivity index (χ2n) is 8.15. The number of hydrogen-bond acceptors (Lipinski definition) is 5. The van der Waals surface area contributed by atoms with Crippen LogP contribution in [0.3, 0.4) is 0 Å². The van der Waals surface area contributed by atoms with Crippen LogP contribution in [0.2, 0.25) is 0 Å². The molecule has 1 fully saturated rings. The van der Waals surface area contributed by atoms with Crippen LogP contribution in [-0.4, -0.2) is 72.0 Å².